The zero-order chi connectivity index (χ0) is 18.6. The van der Waals surface area contributed by atoms with Crippen molar-refractivity contribution in [2.24, 2.45) is 0 Å². The zero-order valence-corrected chi connectivity index (χ0v) is 15.0. The van der Waals surface area contributed by atoms with Crippen molar-refractivity contribution in [2.45, 2.75) is 25.7 Å². The molecule has 0 aliphatic carbocycles. The number of hydrogen-bond donors (Lipinski definition) is 1. The first-order valence-electron chi connectivity index (χ1n) is 8.90. The van der Waals surface area contributed by atoms with Gasteiger partial charge in [-0.15, -0.1) is 0 Å². The number of pyridine rings is 1. The van der Waals surface area contributed by atoms with Gasteiger partial charge in [0.1, 0.15) is 17.5 Å². The Balaban J connectivity index is 1.53. The third-order valence-electron chi connectivity index (χ3n) is 4.55. The van der Waals surface area contributed by atoms with Gasteiger partial charge in [0.25, 0.3) is 5.91 Å². The third-order valence-corrected chi connectivity index (χ3v) is 4.55. The number of amides is 1. The smallest absolute Gasteiger partial charge is 0.291 e. The van der Waals surface area contributed by atoms with Gasteiger partial charge in [-0.2, -0.15) is 0 Å². The zero-order valence-electron chi connectivity index (χ0n) is 15.0. The molecule has 3 aromatic rings. The summed E-state index contributed by atoms with van der Waals surface area (Å²) < 4.78 is 5.15. The molecule has 4 rings (SSSR count). The average Bonchev–Trinajstić information content (AvgIpc) is 3.23. The van der Waals surface area contributed by atoms with E-state index in [0.29, 0.717) is 24.7 Å². The average molecular weight is 364 g/mol. The molecule has 1 N–H and O–H groups in total. The standard InChI is InChI=1S/C19H20N6O2/c1-13-22-15(9-18(23-13)24-17-6-2-3-7-21-17)14-5-4-8-25(11-14)19(26)16-10-20-12-27-16/h2-3,6-7,9-10,12,14H,4-5,8,11H2,1H3,(H,21,22,23,24)/t14-/m1/s1. The molecule has 8 nitrogen and oxygen atoms in total. The summed E-state index contributed by atoms with van der Waals surface area (Å²) in [6.07, 6.45) is 6.34. The van der Waals surface area contributed by atoms with Gasteiger partial charge in [0, 0.05) is 31.3 Å². The first kappa shape index (κ1) is 17.1. The van der Waals surface area contributed by atoms with Gasteiger partial charge in [-0.3, -0.25) is 4.79 Å². The largest absolute Gasteiger partial charge is 0.438 e. The van der Waals surface area contributed by atoms with E-state index in [1.54, 1.807) is 11.1 Å². The van der Waals surface area contributed by atoms with Crippen molar-refractivity contribution in [3.05, 3.63) is 60.3 Å². The number of piperidine rings is 1. The molecule has 3 aromatic heterocycles. The fourth-order valence-corrected chi connectivity index (χ4v) is 3.31. The predicted molar refractivity (Wildman–Crippen MR) is 98.7 cm³/mol. The number of hydrogen-bond acceptors (Lipinski definition) is 7. The van der Waals surface area contributed by atoms with E-state index in [9.17, 15) is 4.79 Å². The molecule has 0 unspecified atom stereocenters. The number of nitrogens with one attached hydrogen (secondary N) is 1. The van der Waals surface area contributed by atoms with Crippen molar-refractivity contribution in [3.8, 4) is 0 Å². The van der Waals surface area contributed by atoms with Crippen molar-refractivity contribution in [2.75, 3.05) is 18.4 Å². The second kappa shape index (κ2) is 7.53. The Morgan fingerprint density at radius 3 is 3.00 bits per heavy atom. The highest BCUT2D eigenvalue weighted by Crippen LogP contribution is 2.28. The van der Waals surface area contributed by atoms with Gasteiger partial charge in [-0.25, -0.2) is 19.9 Å². The Kier molecular flexibility index (Phi) is 4.78. The monoisotopic (exact) mass is 364 g/mol. The normalized spacial score (nSPS) is 16.9. The van der Waals surface area contributed by atoms with E-state index in [1.807, 2.05) is 31.2 Å². The molecule has 0 bridgehead atoms. The van der Waals surface area contributed by atoms with E-state index in [0.717, 1.165) is 24.4 Å². The van der Waals surface area contributed by atoms with E-state index in [4.69, 9.17) is 4.42 Å². The van der Waals surface area contributed by atoms with Crippen molar-refractivity contribution in [1.29, 1.82) is 0 Å². The molecule has 1 saturated heterocycles. The topological polar surface area (TPSA) is 97.0 Å². The molecule has 1 aliphatic rings. The predicted octanol–water partition coefficient (Wildman–Crippen LogP) is 2.93. The van der Waals surface area contributed by atoms with Crippen LogP contribution in [0.15, 0.2) is 47.5 Å². The summed E-state index contributed by atoms with van der Waals surface area (Å²) in [5, 5.41) is 3.21. The number of nitrogens with zero attached hydrogens (tertiary/aromatic N) is 5. The number of rotatable bonds is 4. The summed E-state index contributed by atoms with van der Waals surface area (Å²) in [5.41, 5.74) is 0.927. The molecular weight excluding hydrogens is 344 g/mol. The van der Waals surface area contributed by atoms with E-state index in [-0.39, 0.29) is 17.6 Å². The number of anilines is 2. The second-order valence-corrected chi connectivity index (χ2v) is 6.52. The van der Waals surface area contributed by atoms with E-state index in [2.05, 4.69) is 25.3 Å². The molecule has 4 heterocycles. The van der Waals surface area contributed by atoms with E-state index in [1.165, 1.54) is 12.6 Å². The maximum absolute atomic E-state index is 12.6. The van der Waals surface area contributed by atoms with Crippen molar-refractivity contribution in [1.82, 2.24) is 24.8 Å². The number of aromatic nitrogens is 4. The van der Waals surface area contributed by atoms with Crippen molar-refractivity contribution >= 4 is 17.5 Å². The summed E-state index contributed by atoms with van der Waals surface area (Å²) in [7, 11) is 0. The molecular formula is C19H20N6O2. The van der Waals surface area contributed by atoms with Gasteiger partial charge < -0.3 is 14.6 Å². The van der Waals surface area contributed by atoms with E-state index < -0.39 is 0 Å². The Hall–Kier alpha value is -3.29. The first-order valence-corrected chi connectivity index (χ1v) is 8.90. The van der Waals surface area contributed by atoms with Crippen LogP contribution in [0.5, 0.6) is 0 Å². The van der Waals surface area contributed by atoms with Gasteiger partial charge in [-0.1, -0.05) is 6.07 Å². The van der Waals surface area contributed by atoms with Crippen LogP contribution in [-0.4, -0.2) is 43.8 Å². The van der Waals surface area contributed by atoms with Crippen LogP contribution in [0.1, 0.15) is 40.8 Å². The van der Waals surface area contributed by atoms with E-state index >= 15 is 0 Å². The first-order chi connectivity index (χ1) is 13.2. The lowest BCUT2D eigenvalue weighted by Crippen LogP contribution is -2.39. The lowest BCUT2D eigenvalue weighted by atomic mass is 9.94. The molecule has 1 amide bonds. The lowest BCUT2D eigenvalue weighted by Gasteiger charge is -2.32. The van der Waals surface area contributed by atoms with Gasteiger partial charge in [0.15, 0.2) is 6.39 Å². The molecule has 0 spiro atoms. The number of aryl methyl sites for hydroxylation is 1. The molecule has 27 heavy (non-hydrogen) atoms. The van der Waals surface area contributed by atoms with Gasteiger partial charge in [0.05, 0.1) is 11.9 Å². The molecule has 8 heteroatoms. The molecule has 1 fully saturated rings. The summed E-state index contributed by atoms with van der Waals surface area (Å²) in [4.78, 5) is 31.5. The summed E-state index contributed by atoms with van der Waals surface area (Å²) >= 11 is 0. The van der Waals surface area contributed by atoms with Gasteiger partial charge in [-0.05, 0) is 31.9 Å². The van der Waals surface area contributed by atoms with Gasteiger partial charge in [0.2, 0.25) is 5.76 Å². The molecule has 1 aliphatic heterocycles. The Morgan fingerprint density at radius 1 is 1.30 bits per heavy atom. The maximum atomic E-state index is 12.6. The van der Waals surface area contributed by atoms with Crippen LogP contribution < -0.4 is 5.32 Å². The van der Waals surface area contributed by atoms with Crippen molar-refractivity contribution < 1.29 is 9.21 Å². The Bertz CT molecular complexity index is 913. The number of likely N-dealkylation sites (tertiary alicyclic amines) is 1. The third kappa shape index (κ3) is 3.94. The highest BCUT2D eigenvalue weighted by molar-refractivity contribution is 5.91. The highest BCUT2D eigenvalue weighted by atomic mass is 16.3. The van der Waals surface area contributed by atoms with Crippen LogP contribution in [0.25, 0.3) is 0 Å². The summed E-state index contributed by atoms with van der Waals surface area (Å²) in [6, 6.07) is 7.60. The molecule has 0 aromatic carbocycles. The summed E-state index contributed by atoms with van der Waals surface area (Å²) in [6.45, 7) is 3.17. The van der Waals surface area contributed by atoms with Crippen LogP contribution >= 0.6 is 0 Å². The van der Waals surface area contributed by atoms with Crippen LogP contribution in [0.3, 0.4) is 0 Å². The highest BCUT2D eigenvalue weighted by Gasteiger charge is 2.28. The van der Waals surface area contributed by atoms with Crippen LogP contribution in [-0.2, 0) is 0 Å². The number of carbonyl (C=O) groups excluding carboxylic acids is 1. The fourth-order valence-electron chi connectivity index (χ4n) is 3.31. The second-order valence-electron chi connectivity index (χ2n) is 6.52. The molecule has 0 radical (unpaired) electrons. The Morgan fingerprint density at radius 2 is 2.22 bits per heavy atom. The van der Waals surface area contributed by atoms with Crippen LogP contribution in [0, 0.1) is 6.92 Å². The van der Waals surface area contributed by atoms with Gasteiger partial charge >= 0.3 is 0 Å². The van der Waals surface area contributed by atoms with Crippen LogP contribution in [0.4, 0.5) is 11.6 Å². The number of carbonyl (C=O) groups is 1. The van der Waals surface area contributed by atoms with Crippen molar-refractivity contribution in [3.63, 3.8) is 0 Å². The fraction of sp³-hybridized carbons (Fsp3) is 0.316. The molecule has 138 valence electrons. The molecule has 1 atom stereocenters. The minimum absolute atomic E-state index is 0.130. The maximum Gasteiger partial charge on any atom is 0.291 e. The minimum Gasteiger partial charge on any atom is -0.438 e. The Labute approximate surface area is 156 Å². The lowest BCUT2D eigenvalue weighted by molar-refractivity contribution is 0.0673. The number of oxazole rings is 1. The minimum atomic E-state index is -0.130. The van der Waals surface area contributed by atoms with Crippen LogP contribution in [0.2, 0.25) is 0 Å². The quantitative estimate of drug-likeness (QED) is 0.760. The summed E-state index contributed by atoms with van der Waals surface area (Å²) in [5.74, 6) is 2.41. The SMILES string of the molecule is Cc1nc(Nc2ccccn2)cc([C@@H]2CCCN(C(=O)c3cnco3)C2)n1. The molecule has 0 saturated carbocycles.